The lowest BCUT2D eigenvalue weighted by Crippen LogP contribution is -2.63. The topological polar surface area (TPSA) is 221 Å². The Labute approximate surface area is 437 Å². The van der Waals surface area contributed by atoms with E-state index in [0.29, 0.717) is 73.2 Å². The van der Waals surface area contributed by atoms with E-state index in [-0.39, 0.29) is 39.4 Å². The summed E-state index contributed by atoms with van der Waals surface area (Å²) in [4.78, 5) is 62.9. The Bertz CT molecular complexity index is 2560. The van der Waals surface area contributed by atoms with Gasteiger partial charge in [0.2, 0.25) is 15.9 Å². The first-order valence-electron chi connectivity index (χ1n) is 22.7. The number of rotatable bonds is 14. The number of para-hydroxylation sites is 1. The van der Waals surface area contributed by atoms with E-state index in [2.05, 4.69) is 52.0 Å². The van der Waals surface area contributed by atoms with Gasteiger partial charge in [0.15, 0.2) is 6.04 Å². The van der Waals surface area contributed by atoms with Crippen LogP contribution in [0.4, 0.5) is 39.5 Å². The third kappa shape index (κ3) is 20.0. The zero-order valence-corrected chi connectivity index (χ0v) is 44.5. The SMILES string of the molecule is Cc1cc(C)c2cccc(OCc3c(Cl)ccc(S(=O)(=O)NC4(C(=O)N5CCN(C(=O)[C@@H](CCCC[N+](C)(C)C)[N+](C)(C)C)CC5)CCCC4)c3Cl)c2n1.O=C(O)C(F)(F)F.O=C(O)C(F)(F)F.O=C(O)C(F)(F)F. The molecule has 3 aromatic rings. The highest BCUT2D eigenvalue weighted by molar-refractivity contribution is 7.89. The quantitative estimate of drug-likeness (QED) is 0.0689. The molecule has 2 fully saturated rings. The number of amides is 2. The van der Waals surface area contributed by atoms with E-state index < -0.39 is 52.0 Å². The minimum absolute atomic E-state index is 0.0624. The fourth-order valence-corrected chi connectivity index (χ4v) is 10.1. The summed E-state index contributed by atoms with van der Waals surface area (Å²) in [6.07, 6.45) is -10.3. The van der Waals surface area contributed by atoms with E-state index >= 15 is 0 Å². The smallest absolute Gasteiger partial charge is 0.487 e. The summed E-state index contributed by atoms with van der Waals surface area (Å²) >= 11 is 13.4. The molecule has 1 aliphatic carbocycles. The lowest BCUT2D eigenvalue weighted by Gasteiger charge is -2.42. The van der Waals surface area contributed by atoms with Crippen molar-refractivity contribution < 1.29 is 101 Å². The number of hydrogen-bond donors (Lipinski definition) is 4. The molecule has 1 aliphatic heterocycles. The monoisotopic (exact) mass is 1150 g/mol. The molecule has 1 saturated heterocycles. The zero-order valence-electron chi connectivity index (χ0n) is 42.1. The molecule has 422 valence electrons. The molecule has 75 heavy (non-hydrogen) atoms. The number of benzene rings is 2. The summed E-state index contributed by atoms with van der Waals surface area (Å²) in [5.74, 6) is -7.90. The summed E-state index contributed by atoms with van der Waals surface area (Å²) in [5.41, 5.74) is 1.61. The molecule has 0 spiro atoms. The normalized spacial score (nSPS) is 15.6. The van der Waals surface area contributed by atoms with Gasteiger partial charge >= 0.3 is 36.4 Å². The van der Waals surface area contributed by atoms with E-state index in [1.165, 1.54) is 12.1 Å². The molecule has 2 aliphatic rings. The second-order valence-corrected chi connectivity index (χ2v) is 21.9. The summed E-state index contributed by atoms with van der Waals surface area (Å²) in [6, 6.07) is 10.3. The van der Waals surface area contributed by atoms with Gasteiger partial charge in [-0.05, 0) is 69.4 Å². The third-order valence-electron chi connectivity index (χ3n) is 11.5. The summed E-state index contributed by atoms with van der Waals surface area (Å²) in [7, 11) is 8.43. The van der Waals surface area contributed by atoms with Crippen molar-refractivity contribution in [1.29, 1.82) is 0 Å². The molecule has 29 heteroatoms. The Morgan fingerprint density at radius 1 is 0.773 bits per heavy atom. The van der Waals surface area contributed by atoms with E-state index in [9.17, 15) is 57.5 Å². The van der Waals surface area contributed by atoms with Crippen LogP contribution >= 0.6 is 23.2 Å². The number of aryl methyl sites for hydroxylation is 2. The van der Waals surface area contributed by atoms with Crippen LogP contribution in [0.5, 0.6) is 5.75 Å². The molecule has 17 nitrogen and oxygen atoms in total. The van der Waals surface area contributed by atoms with Gasteiger partial charge in [-0.25, -0.2) is 27.8 Å². The van der Waals surface area contributed by atoms with Crippen LogP contribution in [0.1, 0.15) is 61.8 Å². The highest BCUT2D eigenvalue weighted by Crippen LogP contribution is 2.38. The maximum absolute atomic E-state index is 14.3. The lowest BCUT2D eigenvalue weighted by molar-refractivity contribution is -0.887. The van der Waals surface area contributed by atoms with E-state index in [0.717, 1.165) is 46.9 Å². The van der Waals surface area contributed by atoms with Gasteiger partial charge in [-0.2, -0.15) is 44.2 Å². The molecular formula is C46H61Cl2F9N6O11S+2. The van der Waals surface area contributed by atoms with Crippen molar-refractivity contribution in [2.75, 3.05) is 75.0 Å². The van der Waals surface area contributed by atoms with Crippen molar-refractivity contribution in [2.24, 2.45) is 0 Å². The van der Waals surface area contributed by atoms with Crippen LogP contribution in [-0.2, 0) is 40.6 Å². The van der Waals surface area contributed by atoms with Crippen LogP contribution in [0.2, 0.25) is 10.0 Å². The number of nitrogens with one attached hydrogen (secondary N) is 1. The number of carboxylic acid groups (broad SMARTS) is 3. The van der Waals surface area contributed by atoms with Crippen LogP contribution in [0.3, 0.4) is 0 Å². The highest BCUT2D eigenvalue weighted by Gasteiger charge is 2.48. The van der Waals surface area contributed by atoms with Crippen molar-refractivity contribution >= 4 is 73.9 Å². The summed E-state index contributed by atoms with van der Waals surface area (Å²) in [6.45, 7) is 6.37. The number of ether oxygens (including phenoxy) is 1. The first kappa shape index (κ1) is 65.9. The standard InChI is InChI=1S/C40H58Cl2N6O5S.3C2HF3O2/c1-28-26-29(2)43-37-30(28)14-13-16-34(37)53-27-31-32(41)17-18-35(36(31)42)54(51,52)44-40(19-10-11-20-40)39(50)46-23-21-45(22-24-46)38(49)33(48(6,7)8)15-9-12-25-47(3,4)5;3*3-2(4,5)1(6)7/h13-14,16-18,26,33,44H,9-12,15,19-25,27H2,1-8H3;3*(H,6,7)/q+2;;;/t33-;;;/m1.../s1. The number of pyridine rings is 1. The number of fused-ring (bicyclic) bond motifs is 1. The van der Waals surface area contributed by atoms with Gasteiger partial charge < -0.3 is 38.8 Å². The molecule has 1 aromatic heterocycles. The van der Waals surface area contributed by atoms with Gasteiger partial charge in [0.05, 0.1) is 53.9 Å². The summed E-state index contributed by atoms with van der Waals surface area (Å²) < 4.78 is 134. The van der Waals surface area contributed by atoms with Crippen molar-refractivity contribution in [3.63, 3.8) is 0 Å². The van der Waals surface area contributed by atoms with Crippen LogP contribution in [-0.4, -0.2) is 182 Å². The maximum Gasteiger partial charge on any atom is 0.490 e. The minimum atomic E-state index is -5.08. The molecular weight excluding hydrogens is 1090 g/mol. The maximum atomic E-state index is 14.3. The predicted molar refractivity (Wildman–Crippen MR) is 256 cm³/mol. The molecule has 1 atom stereocenters. The molecule has 1 saturated carbocycles. The molecule has 4 N–H and O–H groups in total. The van der Waals surface area contributed by atoms with Crippen LogP contribution in [0.25, 0.3) is 10.9 Å². The van der Waals surface area contributed by atoms with Crippen LogP contribution in [0, 0.1) is 13.8 Å². The Balaban J connectivity index is 0.000000767. The minimum Gasteiger partial charge on any atom is -0.487 e. The molecule has 2 amide bonds. The molecule has 5 rings (SSSR count). The number of aliphatic carboxylic acids is 3. The number of carbonyl (C=O) groups excluding carboxylic acids is 2. The average Bonchev–Trinajstić information content (AvgIpc) is 3.73. The van der Waals surface area contributed by atoms with Gasteiger partial charge in [0.25, 0.3) is 5.91 Å². The Morgan fingerprint density at radius 3 is 1.71 bits per heavy atom. The number of alkyl halides is 9. The number of halogens is 11. The number of quaternary nitrogens is 2. The number of hydrogen-bond acceptors (Lipinski definition) is 9. The van der Waals surface area contributed by atoms with E-state index in [1.807, 2.05) is 36.9 Å². The number of aromatic nitrogens is 1. The van der Waals surface area contributed by atoms with Gasteiger partial charge in [0, 0.05) is 54.3 Å². The second-order valence-electron chi connectivity index (χ2n) is 19.4. The Kier molecular flexibility index (Phi) is 23.0. The van der Waals surface area contributed by atoms with Crippen LogP contribution in [0.15, 0.2) is 41.3 Å². The van der Waals surface area contributed by atoms with Gasteiger partial charge in [-0.1, -0.05) is 48.2 Å². The molecule has 0 bridgehead atoms. The number of piperazine rings is 1. The first-order valence-corrected chi connectivity index (χ1v) is 24.9. The summed E-state index contributed by atoms with van der Waals surface area (Å²) in [5, 5.41) is 22.5. The van der Waals surface area contributed by atoms with Crippen molar-refractivity contribution in [3.05, 3.63) is 63.3 Å². The first-order chi connectivity index (χ1) is 34.1. The number of nitrogens with zero attached hydrogens (tertiary/aromatic N) is 5. The lowest BCUT2D eigenvalue weighted by atomic mass is 9.96. The van der Waals surface area contributed by atoms with Gasteiger partial charge in [0.1, 0.15) is 28.3 Å². The van der Waals surface area contributed by atoms with Crippen molar-refractivity contribution in [2.45, 2.75) is 100 Å². The zero-order chi connectivity index (χ0) is 57.9. The molecule has 0 unspecified atom stereocenters. The fourth-order valence-electron chi connectivity index (χ4n) is 7.80. The molecule has 2 heterocycles. The number of likely N-dealkylation sites (N-methyl/N-ethyl adjacent to an activating group) is 1. The number of unbranched alkanes of at least 4 members (excludes halogenated alkanes) is 1. The van der Waals surface area contributed by atoms with E-state index in [1.54, 1.807) is 11.0 Å². The predicted octanol–water partition coefficient (Wildman–Crippen LogP) is 7.85. The second kappa shape index (κ2) is 26.2. The van der Waals surface area contributed by atoms with Crippen molar-refractivity contribution in [3.8, 4) is 5.75 Å². The highest BCUT2D eigenvalue weighted by atomic mass is 35.5. The Hall–Kier alpha value is -5.22. The largest absolute Gasteiger partial charge is 0.490 e. The molecule has 0 radical (unpaired) electrons. The fraction of sp³-hybridized carbons (Fsp3) is 0.565. The van der Waals surface area contributed by atoms with Crippen LogP contribution < -0.4 is 9.46 Å². The average molecular weight is 1150 g/mol. The number of sulfonamides is 1. The number of carbonyl (C=O) groups is 5. The number of carboxylic acids is 3. The van der Waals surface area contributed by atoms with E-state index in [4.69, 9.17) is 57.6 Å². The molecule has 2 aromatic carbocycles. The third-order valence-corrected chi connectivity index (χ3v) is 14.0. The van der Waals surface area contributed by atoms with Gasteiger partial charge in [-0.15, -0.1) is 0 Å². The Morgan fingerprint density at radius 2 is 1.25 bits per heavy atom. The van der Waals surface area contributed by atoms with Crippen molar-refractivity contribution in [1.82, 2.24) is 19.5 Å². The van der Waals surface area contributed by atoms with Gasteiger partial charge in [-0.3, -0.25) is 9.59 Å².